The molecule has 0 aromatic heterocycles. The predicted molar refractivity (Wildman–Crippen MR) is 86.0 cm³/mol. The molecule has 0 saturated heterocycles. The van der Waals surface area contributed by atoms with Gasteiger partial charge in [0.05, 0.1) is 11.6 Å². The van der Waals surface area contributed by atoms with Crippen molar-refractivity contribution in [2.75, 3.05) is 5.32 Å². The molecular formula is C18H15N3O2. The van der Waals surface area contributed by atoms with Gasteiger partial charge < -0.3 is 10.6 Å². The topological polar surface area (TPSA) is 82.0 Å². The molecule has 0 radical (unpaired) electrons. The standard InChI is InChI=1S/C18H15N3O2/c19-11-12-3-1-4-13(9-12)17(22)21-16-6-2-5-14(10-16)18(23)20-15-7-8-15/h1-6,9-10,15H,7-8H2,(H,20,23)(H,21,22). The first-order valence-corrected chi connectivity index (χ1v) is 7.38. The van der Waals surface area contributed by atoms with Gasteiger partial charge >= 0.3 is 0 Å². The Morgan fingerprint density at radius 1 is 1.00 bits per heavy atom. The van der Waals surface area contributed by atoms with Gasteiger partial charge in [-0.25, -0.2) is 0 Å². The van der Waals surface area contributed by atoms with Crippen LogP contribution >= 0.6 is 0 Å². The fourth-order valence-electron chi connectivity index (χ4n) is 2.17. The maximum Gasteiger partial charge on any atom is 0.255 e. The number of carbonyl (C=O) groups is 2. The van der Waals surface area contributed by atoms with Crippen molar-refractivity contribution in [3.05, 3.63) is 65.2 Å². The number of nitrogens with one attached hydrogen (secondary N) is 2. The summed E-state index contributed by atoms with van der Waals surface area (Å²) in [6.07, 6.45) is 2.05. The lowest BCUT2D eigenvalue weighted by Gasteiger charge is -2.08. The molecular weight excluding hydrogens is 290 g/mol. The molecule has 2 amide bonds. The van der Waals surface area contributed by atoms with Gasteiger partial charge in [0.2, 0.25) is 0 Å². The Kier molecular flexibility index (Phi) is 4.07. The van der Waals surface area contributed by atoms with Gasteiger partial charge in [-0.05, 0) is 49.2 Å². The molecule has 0 atom stereocenters. The van der Waals surface area contributed by atoms with Crippen LogP contribution in [0.1, 0.15) is 39.1 Å². The Bertz CT molecular complexity index is 804. The first kappa shape index (κ1) is 14.8. The fourth-order valence-corrected chi connectivity index (χ4v) is 2.17. The summed E-state index contributed by atoms with van der Waals surface area (Å²) < 4.78 is 0. The SMILES string of the molecule is N#Cc1cccc(C(=O)Nc2cccc(C(=O)NC3CC3)c2)c1. The highest BCUT2D eigenvalue weighted by Gasteiger charge is 2.23. The van der Waals surface area contributed by atoms with E-state index < -0.39 is 0 Å². The highest BCUT2D eigenvalue weighted by Crippen LogP contribution is 2.20. The van der Waals surface area contributed by atoms with Crippen LogP contribution in [0.15, 0.2) is 48.5 Å². The van der Waals surface area contributed by atoms with Crippen molar-refractivity contribution in [1.82, 2.24) is 5.32 Å². The highest BCUT2D eigenvalue weighted by atomic mass is 16.2. The molecule has 1 aliphatic carbocycles. The molecule has 1 aliphatic rings. The number of hydrogen-bond donors (Lipinski definition) is 2. The van der Waals surface area contributed by atoms with Gasteiger partial charge in [-0.1, -0.05) is 12.1 Å². The maximum absolute atomic E-state index is 12.2. The van der Waals surface area contributed by atoms with E-state index in [0.29, 0.717) is 22.4 Å². The number of amides is 2. The van der Waals surface area contributed by atoms with Crippen molar-refractivity contribution in [3.63, 3.8) is 0 Å². The van der Waals surface area contributed by atoms with Crippen LogP contribution in [0.5, 0.6) is 0 Å². The van der Waals surface area contributed by atoms with Crippen LogP contribution < -0.4 is 10.6 Å². The van der Waals surface area contributed by atoms with Crippen LogP contribution in [-0.2, 0) is 0 Å². The maximum atomic E-state index is 12.2. The van der Waals surface area contributed by atoms with Gasteiger partial charge in [0, 0.05) is 22.9 Å². The van der Waals surface area contributed by atoms with Crippen molar-refractivity contribution >= 4 is 17.5 Å². The minimum absolute atomic E-state index is 0.130. The molecule has 1 saturated carbocycles. The van der Waals surface area contributed by atoms with Gasteiger partial charge in [-0.15, -0.1) is 0 Å². The summed E-state index contributed by atoms with van der Waals surface area (Å²) in [5.41, 5.74) is 1.88. The fraction of sp³-hybridized carbons (Fsp3) is 0.167. The second-order valence-electron chi connectivity index (χ2n) is 5.48. The van der Waals surface area contributed by atoms with Crippen LogP contribution in [0.25, 0.3) is 0 Å². The number of hydrogen-bond acceptors (Lipinski definition) is 3. The van der Waals surface area contributed by atoms with Crippen LogP contribution in [0.4, 0.5) is 5.69 Å². The molecule has 0 spiro atoms. The van der Waals surface area contributed by atoms with Crippen LogP contribution in [0.2, 0.25) is 0 Å². The highest BCUT2D eigenvalue weighted by molar-refractivity contribution is 6.05. The predicted octanol–water partition coefficient (Wildman–Crippen LogP) is 2.70. The number of nitrogens with zero attached hydrogens (tertiary/aromatic N) is 1. The normalized spacial score (nSPS) is 13.0. The van der Waals surface area contributed by atoms with E-state index in [1.807, 2.05) is 6.07 Å². The summed E-state index contributed by atoms with van der Waals surface area (Å²) >= 11 is 0. The minimum Gasteiger partial charge on any atom is -0.349 e. The average Bonchev–Trinajstić information content (AvgIpc) is 3.39. The largest absolute Gasteiger partial charge is 0.349 e. The minimum atomic E-state index is -0.318. The summed E-state index contributed by atoms with van der Waals surface area (Å²) in [6.45, 7) is 0. The first-order chi connectivity index (χ1) is 11.2. The second-order valence-corrected chi connectivity index (χ2v) is 5.48. The number of rotatable bonds is 4. The third kappa shape index (κ3) is 3.74. The Labute approximate surface area is 133 Å². The van der Waals surface area contributed by atoms with E-state index in [9.17, 15) is 9.59 Å². The van der Waals surface area contributed by atoms with E-state index in [2.05, 4.69) is 10.6 Å². The lowest BCUT2D eigenvalue weighted by atomic mass is 10.1. The molecule has 2 aromatic rings. The summed E-state index contributed by atoms with van der Waals surface area (Å²) in [4.78, 5) is 24.3. The van der Waals surface area contributed by atoms with Gasteiger partial charge in [-0.2, -0.15) is 5.26 Å². The molecule has 5 nitrogen and oxygen atoms in total. The molecule has 5 heteroatoms. The Hall–Kier alpha value is -3.13. The zero-order chi connectivity index (χ0) is 16.2. The molecule has 0 heterocycles. The number of anilines is 1. The molecule has 1 fully saturated rings. The molecule has 0 aliphatic heterocycles. The van der Waals surface area contributed by atoms with Crippen molar-refractivity contribution in [3.8, 4) is 6.07 Å². The van der Waals surface area contributed by atoms with E-state index in [4.69, 9.17) is 5.26 Å². The summed E-state index contributed by atoms with van der Waals surface area (Å²) in [6, 6.07) is 15.6. The molecule has 0 unspecified atom stereocenters. The summed E-state index contributed by atoms with van der Waals surface area (Å²) in [5.74, 6) is -0.447. The molecule has 0 bridgehead atoms. The monoisotopic (exact) mass is 305 g/mol. The Morgan fingerprint density at radius 2 is 1.70 bits per heavy atom. The van der Waals surface area contributed by atoms with Crippen molar-refractivity contribution in [1.29, 1.82) is 5.26 Å². The van der Waals surface area contributed by atoms with E-state index in [0.717, 1.165) is 12.8 Å². The molecule has 3 rings (SSSR count). The molecule has 114 valence electrons. The number of benzene rings is 2. The zero-order valence-electron chi connectivity index (χ0n) is 12.4. The van der Waals surface area contributed by atoms with Crippen molar-refractivity contribution < 1.29 is 9.59 Å². The van der Waals surface area contributed by atoms with Gasteiger partial charge in [0.15, 0.2) is 0 Å². The lowest BCUT2D eigenvalue weighted by molar-refractivity contribution is 0.0949. The van der Waals surface area contributed by atoms with Crippen LogP contribution in [-0.4, -0.2) is 17.9 Å². The van der Waals surface area contributed by atoms with E-state index >= 15 is 0 Å². The Morgan fingerprint density at radius 3 is 2.39 bits per heavy atom. The van der Waals surface area contributed by atoms with Crippen molar-refractivity contribution in [2.24, 2.45) is 0 Å². The van der Waals surface area contributed by atoms with Gasteiger partial charge in [0.1, 0.15) is 0 Å². The first-order valence-electron chi connectivity index (χ1n) is 7.38. The number of nitriles is 1. The second kappa shape index (κ2) is 6.32. The smallest absolute Gasteiger partial charge is 0.255 e. The lowest BCUT2D eigenvalue weighted by Crippen LogP contribution is -2.25. The molecule has 2 N–H and O–H groups in total. The quantitative estimate of drug-likeness (QED) is 0.911. The summed E-state index contributed by atoms with van der Waals surface area (Å²) in [5, 5.41) is 14.5. The third-order valence-corrected chi connectivity index (χ3v) is 3.55. The van der Waals surface area contributed by atoms with Gasteiger partial charge in [-0.3, -0.25) is 9.59 Å². The van der Waals surface area contributed by atoms with E-state index in [-0.39, 0.29) is 17.9 Å². The third-order valence-electron chi connectivity index (χ3n) is 3.55. The molecule has 2 aromatic carbocycles. The van der Waals surface area contributed by atoms with E-state index in [1.54, 1.807) is 42.5 Å². The Balaban J connectivity index is 1.73. The van der Waals surface area contributed by atoms with Gasteiger partial charge in [0.25, 0.3) is 11.8 Å². The van der Waals surface area contributed by atoms with E-state index in [1.165, 1.54) is 6.07 Å². The molecule has 23 heavy (non-hydrogen) atoms. The van der Waals surface area contributed by atoms with Crippen molar-refractivity contribution in [2.45, 2.75) is 18.9 Å². The number of carbonyl (C=O) groups excluding carboxylic acids is 2. The van der Waals surface area contributed by atoms with Crippen LogP contribution in [0.3, 0.4) is 0 Å². The summed E-state index contributed by atoms with van der Waals surface area (Å²) in [7, 11) is 0. The van der Waals surface area contributed by atoms with Crippen LogP contribution in [0, 0.1) is 11.3 Å². The average molecular weight is 305 g/mol. The zero-order valence-corrected chi connectivity index (χ0v) is 12.4.